The number of hydrogen-bond acceptors (Lipinski definition) is 2. The van der Waals surface area contributed by atoms with Crippen molar-refractivity contribution >= 4 is 5.91 Å². The van der Waals surface area contributed by atoms with Crippen molar-refractivity contribution in [2.75, 3.05) is 26.2 Å². The highest BCUT2D eigenvalue weighted by Crippen LogP contribution is 2.06. The van der Waals surface area contributed by atoms with Crippen LogP contribution in [0.5, 0.6) is 0 Å². The largest absolute Gasteiger partial charge is 0.355 e. The molecule has 0 aromatic heterocycles. The van der Waals surface area contributed by atoms with Crippen LogP contribution in [0.1, 0.15) is 19.8 Å². The third-order valence-corrected chi connectivity index (χ3v) is 2.04. The van der Waals surface area contributed by atoms with Gasteiger partial charge in [0.2, 0.25) is 5.91 Å². The molecular formula is C9H17N2O. The van der Waals surface area contributed by atoms with Gasteiger partial charge in [0.25, 0.3) is 0 Å². The standard InChI is InChI=1S/C9H17N2O/c1-2-10-9(12)8-11-6-4-3-5-7-11/h3H,2,4-8H2,1H3,(H,10,12). The van der Waals surface area contributed by atoms with Crippen molar-refractivity contribution in [2.24, 2.45) is 0 Å². The highest BCUT2D eigenvalue weighted by Gasteiger charge is 2.12. The van der Waals surface area contributed by atoms with E-state index in [0.29, 0.717) is 6.54 Å². The van der Waals surface area contributed by atoms with Crippen LogP contribution in [0, 0.1) is 6.42 Å². The van der Waals surface area contributed by atoms with Crippen LogP contribution >= 0.6 is 0 Å². The Bertz CT molecular complexity index is 141. The summed E-state index contributed by atoms with van der Waals surface area (Å²) in [4.78, 5) is 13.3. The minimum absolute atomic E-state index is 0.152. The molecule has 12 heavy (non-hydrogen) atoms. The van der Waals surface area contributed by atoms with Crippen LogP contribution in [0.3, 0.4) is 0 Å². The number of hydrogen-bond donors (Lipinski definition) is 1. The smallest absolute Gasteiger partial charge is 0.234 e. The molecule has 1 radical (unpaired) electrons. The van der Waals surface area contributed by atoms with Crippen molar-refractivity contribution in [2.45, 2.75) is 19.8 Å². The van der Waals surface area contributed by atoms with Gasteiger partial charge in [-0.05, 0) is 39.3 Å². The molecule has 1 N–H and O–H groups in total. The lowest BCUT2D eigenvalue weighted by molar-refractivity contribution is -0.122. The third-order valence-electron chi connectivity index (χ3n) is 2.04. The van der Waals surface area contributed by atoms with Gasteiger partial charge in [-0.3, -0.25) is 9.69 Å². The summed E-state index contributed by atoms with van der Waals surface area (Å²) in [5, 5.41) is 2.80. The number of likely N-dealkylation sites (N-methyl/N-ethyl adjacent to an activating group) is 1. The van der Waals surface area contributed by atoms with E-state index < -0.39 is 0 Å². The highest BCUT2D eigenvalue weighted by atomic mass is 16.2. The Morgan fingerprint density at radius 3 is 2.75 bits per heavy atom. The van der Waals surface area contributed by atoms with Crippen LogP contribution in [0.2, 0.25) is 0 Å². The van der Waals surface area contributed by atoms with E-state index in [4.69, 9.17) is 0 Å². The number of nitrogens with one attached hydrogen (secondary N) is 1. The molecule has 1 aliphatic heterocycles. The van der Waals surface area contributed by atoms with Crippen molar-refractivity contribution in [3.05, 3.63) is 6.42 Å². The average Bonchev–Trinajstić information content (AvgIpc) is 2.06. The van der Waals surface area contributed by atoms with Gasteiger partial charge in [-0.1, -0.05) is 0 Å². The van der Waals surface area contributed by atoms with Gasteiger partial charge < -0.3 is 5.32 Å². The average molecular weight is 169 g/mol. The van der Waals surface area contributed by atoms with Crippen LogP contribution in [-0.4, -0.2) is 37.0 Å². The Hall–Kier alpha value is -0.570. The van der Waals surface area contributed by atoms with E-state index in [1.54, 1.807) is 0 Å². The van der Waals surface area contributed by atoms with Crippen LogP contribution in [0.25, 0.3) is 0 Å². The molecule has 1 heterocycles. The van der Waals surface area contributed by atoms with E-state index >= 15 is 0 Å². The quantitative estimate of drug-likeness (QED) is 0.664. The maximum Gasteiger partial charge on any atom is 0.234 e. The second-order valence-electron chi connectivity index (χ2n) is 3.10. The van der Waals surface area contributed by atoms with Gasteiger partial charge in [0.05, 0.1) is 6.54 Å². The molecule has 3 nitrogen and oxygen atoms in total. The van der Waals surface area contributed by atoms with Crippen LogP contribution < -0.4 is 5.32 Å². The minimum atomic E-state index is 0.152. The Labute approximate surface area is 74.1 Å². The summed E-state index contributed by atoms with van der Waals surface area (Å²) in [5.74, 6) is 0.152. The molecule has 1 amide bonds. The first-order valence-corrected chi connectivity index (χ1v) is 4.63. The molecule has 1 fully saturated rings. The first-order chi connectivity index (χ1) is 5.83. The fourth-order valence-corrected chi connectivity index (χ4v) is 1.42. The Kier molecular flexibility index (Phi) is 4.08. The summed E-state index contributed by atoms with van der Waals surface area (Å²) >= 11 is 0. The summed E-state index contributed by atoms with van der Waals surface area (Å²) < 4.78 is 0. The van der Waals surface area contributed by atoms with Crippen molar-refractivity contribution in [3.8, 4) is 0 Å². The minimum Gasteiger partial charge on any atom is -0.355 e. The molecule has 0 aromatic carbocycles. The summed E-state index contributed by atoms with van der Waals surface area (Å²) in [5.41, 5.74) is 0. The number of carbonyl (C=O) groups excluding carboxylic acids is 1. The Balaban J connectivity index is 2.15. The lowest BCUT2D eigenvalue weighted by Gasteiger charge is -2.25. The molecule has 1 saturated heterocycles. The predicted octanol–water partition coefficient (Wildman–Crippen LogP) is 0.423. The lowest BCUT2D eigenvalue weighted by Crippen LogP contribution is -2.39. The summed E-state index contributed by atoms with van der Waals surface area (Å²) in [6, 6.07) is 0. The van der Waals surface area contributed by atoms with Gasteiger partial charge in [-0.15, -0.1) is 0 Å². The topological polar surface area (TPSA) is 32.3 Å². The monoisotopic (exact) mass is 169 g/mol. The second kappa shape index (κ2) is 5.14. The number of piperidine rings is 1. The normalized spacial score (nSPS) is 19.1. The van der Waals surface area contributed by atoms with Crippen LogP contribution in [0.4, 0.5) is 0 Å². The van der Waals surface area contributed by atoms with Gasteiger partial charge in [-0.2, -0.15) is 0 Å². The molecule has 0 unspecified atom stereocenters. The molecule has 1 rings (SSSR count). The second-order valence-corrected chi connectivity index (χ2v) is 3.10. The van der Waals surface area contributed by atoms with E-state index in [1.165, 1.54) is 0 Å². The zero-order valence-electron chi connectivity index (χ0n) is 7.68. The zero-order valence-corrected chi connectivity index (χ0v) is 7.68. The van der Waals surface area contributed by atoms with E-state index in [1.807, 2.05) is 6.92 Å². The SMILES string of the molecule is CCNC(=O)CN1CC[CH]CC1. The third kappa shape index (κ3) is 3.22. The maximum atomic E-state index is 11.1. The molecule has 0 spiro atoms. The summed E-state index contributed by atoms with van der Waals surface area (Å²) in [7, 11) is 0. The van der Waals surface area contributed by atoms with Gasteiger partial charge in [0, 0.05) is 6.54 Å². The molecule has 1 aliphatic rings. The molecule has 3 heteroatoms. The van der Waals surface area contributed by atoms with E-state index in [9.17, 15) is 4.79 Å². The molecule has 0 bridgehead atoms. The fraction of sp³-hybridized carbons (Fsp3) is 0.778. The van der Waals surface area contributed by atoms with Crippen LogP contribution in [-0.2, 0) is 4.79 Å². The molecule has 0 aliphatic carbocycles. The number of rotatable bonds is 3. The fourth-order valence-electron chi connectivity index (χ4n) is 1.42. The Morgan fingerprint density at radius 1 is 1.50 bits per heavy atom. The predicted molar refractivity (Wildman–Crippen MR) is 48.7 cm³/mol. The van der Waals surface area contributed by atoms with Crippen molar-refractivity contribution in [1.82, 2.24) is 10.2 Å². The summed E-state index contributed by atoms with van der Waals surface area (Å²) in [6.45, 7) is 5.33. The van der Waals surface area contributed by atoms with E-state index in [2.05, 4.69) is 16.6 Å². The summed E-state index contributed by atoms with van der Waals surface area (Å²) in [6.07, 6.45) is 4.53. The first-order valence-electron chi connectivity index (χ1n) is 4.63. The van der Waals surface area contributed by atoms with Gasteiger partial charge >= 0.3 is 0 Å². The van der Waals surface area contributed by atoms with Crippen LogP contribution in [0.15, 0.2) is 0 Å². The number of nitrogens with zero attached hydrogens (tertiary/aromatic N) is 1. The van der Waals surface area contributed by atoms with Crippen molar-refractivity contribution in [1.29, 1.82) is 0 Å². The van der Waals surface area contributed by atoms with E-state index in [-0.39, 0.29) is 5.91 Å². The molecule has 0 atom stereocenters. The maximum absolute atomic E-state index is 11.1. The molecule has 0 saturated carbocycles. The van der Waals surface area contributed by atoms with Crippen molar-refractivity contribution in [3.63, 3.8) is 0 Å². The number of carbonyl (C=O) groups is 1. The van der Waals surface area contributed by atoms with Gasteiger partial charge in [-0.25, -0.2) is 0 Å². The van der Waals surface area contributed by atoms with Gasteiger partial charge in [0.15, 0.2) is 0 Å². The molecular weight excluding hydrogens is 152 g/mol. The number of likely N-dealkylation sites (tertiary alicyclic amines) is 1. The first kappa shape index (κ1) is 9.52. The molecule has 0 aromatic rings. The number of amides is 1. The Morgan fingerprint density at radius 2 is 2.17 bits per heavy atom. The lowest BCUT2D eigenvalue weighted by atomic mass is 10.1. The van der Waals surface area contributed by atoms with Gasteiger partial charge in [0.1, 0.15) is 0 Å². The molecule has 69 valence electrons. The van der Waals surface area contributed by atoms with Crippen molar-refractivity contribution < 1.29 is 4.79 Å². The van der Waals surface area contributed by atoms with E-state index in [0.717, 1.165) is 32.5 Å². The zero-order chi connectivity index (χ0) is 8.81. The highest BCUT2D eigenvalue weighted by molar-refractivity contribution is 5.77.